The lowest BCUT2D eigenvalue weighted by atomic mass is 9.86. The Morgan fingerprint density at radius 3 is 2.64 bits per heavy atom. The predicted molar refractivity (Wildman–Crippen MR) is 65.6 cm³/mol. The van der Waals surface area contributed by atoms with Crippen LogP contribution in [0.3, 0.4) is 0 Å². The lowest BCUT2D eigenvalue weighted by molar-refractivity contribution is 0.0373. The standard InChI is InChI=1S/C9H17IO3S/c1-2-14(12,13)7-9(11)6-4-3-5-8(9)10/h8,11H,2-7H2,1H3. The zero-order valence-corrected chi connectivity index (χ0v) is 11.3. The topological polar surface area (TPSA) is 54.4 Å². The van der Waals surface area contributed by atoms with Crippen LogP contribution in [-0.4, -0.2) is 34.6 Å². The summed E-state index contributed by atoms with van der Waals surface area (Å²) < 4.78 is 23.0. The number of alkyl halides is 1. The zero-order chi connectivity index (χ0) is 10.8. The Morgan fingerprint density at radius 2 is 2.14 bits per heavy atom. The van der Waals surface area contributed by atoms with Crippen LogP contribution >= 0.6 is 22.6 Å². The van der Waals surface area contributed by atoms with Gasteiger partial charge in [0.2, 0.25) is 0 Å². The van der Waals surface area contributed by atoms with Gasteiger partial charge in [0.1, 0.15) is 0 Å². The van der Waals surface area contributed by atoms with E-state index < -0.39 is 15.4 Å². The van der Waals surface area contributed by atoms with Crippen molar-refractivity contribution in [3.63, 3.8) is 0 Å². The molecule has 1 rings (SSSR count). The molecule has 2 unspecified atom stereocenters. The van der Waals surface area contributed by atoms with Gasteiger partial charge in [-0.1, -0.05) is 42.4 Å². The average Bonchev–Trinajstić information content (AvgIpc) is 2.10. The molecule has 0 heterocycles. The number of hydrogen-bond acceptors (Lipinski definition) is 3. The van der Waals surface area contributed by atoms with Gasteiger partial charge in [0, 0.05) is 9.68 Å². The third kappa shape index (κ3) is 3.06. The van der Waals surface area contributed by atoms with E-state index >= 15 is 0 Å². The van der Waals surface area contributed by atoms with Crippen molar-refractivity contribution in [2.24, 2.45) is 0 Å². The normalized spacial score (nSPS) is 34.4. The molecule has 3 nitrogen and oxygen atoms in total. The van der Waals surface area contributed by atoms with Crippen LogP contribution in [0.15, 0.2) is 0 Å². The van der Waals surface area contributed by atoms with Crippen LogP contribution in [0.25, 0.3) is 0 Å². The predicted octanol–water partition coefficient (Wildman–Crippen LogP) is 1.53. The van der Waals surface area contributed by atoms with Crippen molar-refractivity contribution in [3.8, 4) is 0 Å². The maximum absolute atomic E-state index is 11.5. The molecule has 1 N–H and O–H groups in total. The molecule has 0 aromatic heterocycles. The minimum atomic E-state index is -3.07. The van der Waals surface area contributed by atoms with Crippen LogP contribution < -0.4 is 0 Å². The van der Waals surface area contributed by atoms with Crippen molar-refractivity contribution in [3.05, 3.63) is 0 Å². The minimum Gasteiger partial charge on any atom is -0.388 e. The van der Waals surface area contributed by atoms with E-state index in [1.807, 2.05) is 0 Å². The van der Waals surface area contributed by atoms with Gasteiger partial charge in [-0.05, 0) is 12.8 Å². The van der Waals surface area contributed by atoms with Gasteiger partial charge in [0.15, 0.2) is 9.84 Å². The minimum absolute atomic E-state index is 0.0654. The van der Waals surface area contributed by atoms with Crippen LogP contribution in [0.1, 0.15) is 32.6 Å². The largest absolute Gasteiger partial charge is 0.388 e. The molecule has 0 amide bonds. The molecule has 14 heavy (non-hydrogen) atoms. The number of aliphatic hydroxyl groups is 1. The Kier molecular flexibility index (Phi) is 4.22. The number of sulfone groups is 1. The highest BCUT2D eigenvalue weighted by atomic mass is 127. The van der Waals surface area contributed by atoms with Gasteiger partial charge >= 0.3 is 0 Å². The summed E-state index contributed by atoms with van der Waals surface area (Å²) in [5, 5.41) is 10.2. The summed E-state index contributed by atoms with van der Waals surface area (Å²) in [4.78, 5) is 0. The fourth-order valence-electron chi connectivity index (χ4n) is 1.83. The van der Waals surface area contributed by atoms with E-state index in [1.54, 1.807) is 6.92 Å². The molecule has 0 aromatic rings. The second kappa shape index (κ2) is 4.65. The molecular weight excluding hydrogens is 315 g/mol. The third-order valence-corrected chi connectivity index (χ3v) is 6.41. The van der Waals surface area contributed by atoms with Crippen molar-refractivity contribution in [1.29, 1.82) is 0 Å². The van der Waals surface area contributed by atoms with Gasteiger partial charge in [-0.2, -0.15) is 0 Å². The van der Waals surface area contributed by atoms with Gasteiger partial charge < -0.3 is 5.11 Å². The molecule has 0 aliphatic heterocycles. The van der Waals surface area contributed by atoms with Crippen LogP contribution in [0.5, 0.6) is 0 Å². The molecule has 84 valence electrons. The fourth-order valence-corrected chi connectivity index (χ4v) is 4.41. The highest BCUT2D eigenvalue weighted by molar-refractivity contribution is 14.1. The lowest BCUT2D eigenvalue weighted by Crippen LogP contribution is -2.47. The third-order valence-electron chi connectivity index (χ3n) is 2.81. The summed E-state index contributed by atoms with van der Waals surface area (Å²) >= 11 is 2.18. The molecule has 1 aliphatic carbocycles. The molecule has 0 aromatic carbocycles. The smallest absolute Gasteiger partial charge is 0.152 e. The average molecular weight is 332 g/mol. The Balaban J connectivity index is 2.74. The van der Waals surface area contributed by atoms with Gasteiger partial charge in [0.25, 0.3) is 0 Å². The van der Waals surface area contributed by atoms with Gasteiger partial charge in [-0.15, -0.1) is 0 Å². The van der Waals surface area contributed by atoms with E-state index in [-0.39, 0.29) is 15.4 Å². The Bertz CT molecular complexity index is 288. The number of hydrogen-bond donors (Lipinski definition) is 1. The van der Waals surface area contributed by atoms with E-state index in [0.29, 0.717) is 6.42 Å². The van der Waals surface area contributed by atoms with E-state index in [0.717, 1.165) is 19.3 Å². The molecule has 1 saturated carbocycles. The maximum Gasteiger partial charge on any atom is 0.152 e. The SMILES string of the molecule is CCS(=O)(=O)CC1(O)CCCCC1I. The molecule has 1 fully saturated rings. The van der Waals surface area contributed by atoms with Crippen LogP contribution in [0.2, 0.25) is 0 Å². The van der Waals surface area contributed by atoms with E-state index in [2.05, 4.69) is 22.6 Å². The van der Waals surface area contributed by atoms with Gasteiger partial charge in [-0.25, -0.2) is 8.42 Å². The first-order valence-corrected chi connectivity index (χ1v) is 8.03. The van der Waals surface area contributed by atoms with Crippen LogP contribution in [0, 0.1) is 0 Å². The summed E-state index contributed by atoms with van der Waals surface area (Å²) in [5.41, 5.74) is -0.979. The van der Waals surface area contributed by atoms with E-state index in [4.69, 9.17) is 0 Å². The zero-order valence-electron chi connectivity index (χ0n) is 8.37. The second-order valence-corrected chi connectivity index (χ2v) is 7.85. The van der Waals surface area contributed by atoms with E-state index in [9.17, 15) is 13.5 Å². The Hall–Kier alpha value is 0.640. The lowest BCUT2D eigenvalue weighted by Gasteiger charge is -2.36. The maximum atomic E-state index is 11.5. The molecule has 0 radical (unpaired) electrons. The highest BCUT2D eigenvalue weighted by Crippen LogP contribution is 2.35. The molecule has 0 saturated heterocycles. The molecule has 0 bridgehead atoms. The summed E-state index contributed by atoms with van der Waals surface area (Å²) in [5.74, 6) is 0.0583. The Morgan fingerprint density at radius 1 is 1.50 bits per heavy atom. The molecule has 0 spiro atoms. The summed E-state index contributed by atoms with van der Waals surface area (Å²) in [6.07, 6.45) is 3.59. The summed E-state index contributed by atoms with van der Waals surface area (Å²) in [7, 11) is -3.07. The first-order valence-electron chi connectivity index (χ1n) is 4.96. The fraction of sp³-hybridized carbons (Fsp3) is 1.00. The van der Waals surface area contributed by atoms with Crippen molar-refractivity contribution < 1.29 is 13.5 Å². The van der Waals surface area contributed by atoms with Crippen molar-refractivity contribution in [1.82, 2.24) is 0 Å². The molecule has 2 atom stereocenters. The first kappa shape index (κ1) is 12.7. The van der Waals surface area contributed by atoms with Crippen LogP contribution in [0.4, 0.5) is 0 Å². The summed E-state index contributed by atoms with van der Waals surface area (Å²) in [6.45, 7) is 1.63. The van der Waals surface area contributed by atoms with Crippen LogP contribution in [-0.2, 0) is 9.84 Å². The molecule has 5 heteroatoms. The van der Waals surface area contributed by atoms with Crippen molar-refractivity contribution in [2.75, 3.05) is 11.5 Å². The monoisotopic (exact) mass is 332 g/mol. The van der Waals surface area contributed by atoms with Gasteiger partial charge in [-0.3, -0.25) is 0 Å². The molecule has 1 aliphatic rings. The number of halogens is 1. The molecular formula is C9H17IO3S. The second-order valence-electron chi connectivity index (χ2n) is 3.99. The van der Waals surface area contributed by atoms with Gasteiger partial charge in [0.05, 0.1) is 11.4 Å². The first-order chi connectivity index (χ1) is 6.40. The van der Waals surface area contributed by atoms with Crippen molar-refractivity contribution in [2.45, 2.75) is 42.1 Å². The Labute approximate surface area is 99.3 Å². The highest BCUT2D eigenvalue weighted by Gasteiger charge is 2.40. The quantitative estimate of drug-likeness (QED) is 0.630. The summed E-state index contributed by atoms with van der Waals surface area (Å²) in [6, 6.07) is 0. The van der Waals surface area contributed by atoms with Crippen molar-refractivity contribution >= 4 is 32.4 Å². The number of rotatable bonds is 3. The van der Waals surface area contributed by atoms with E-state index in [1.165, 1.54) is 0 Å².